The van der Waals surface area contributed by atoms with E-state index in [0.29, 0.717) is 0 Å². The van der Waals surface area contributed by atoms with Crippen molar-refractivity contribution in [2.24, 2.45) is 0 Å². The van der Waals surface area contributed by atoms with Gasteiger partial charge in [0, 0.05) is 33.9 Å². The first-order valence-electron chi connectivity index (χ1n) is 10.1. The molecular weight excluding hydrogens is 364 g/mol. The van der Waals surface area contributed by atoms with Crippen LogP contribution in [0.1, 0.15) is 66.5 Å². The lowest BCUT2D eigenvalue weighted by Crippen LogP contribution is -2.18. The predicted molar refractivity (Wildman–Crippen MR) is 132 cm³/mol. The maximum atomic E-state index is 7.00. The Labute approximate surface area is 181 Å². The maximum absolute atomic E-state index is 7.00. The standard InChI is InChI=1S/C15H16.3C2H6.4CH4O/c1-15(2,13-9-5-3-6-10-13)14-11-7-4-8-12-14;7*1-2/h3-12H,1-2H3;3*1-2H3;4*2H,1H3. The van der Waals surface area contributed by atoms with Gasteiger partial charge in [-0.3, -0.25) is 0 Å². The molecule has 4 heteroatoms. The van der Waals surface area contributed by atoms with E-state index in [1.54, 1.807) is 0 Å². The molecule has 0 fully saturated rings. The minimum Gasteiger partial charge on any atom is -0.400 e. The van der Waals surface area contributed by atoms with E-state index in [4.69, 9.17) is 20.4 Å². The zero-order chi connectivity index (χ0) is 24.7. The Bertz CT molecular complexity index is 388. The molecule has 4 N–H and O–H groups in total. The number of hydrogen-bond acceptors (Lipinski definition) is 4. The van der Waals surface area contributed by atoms with E-state index in [0.717, 1.165) is 28.4 Å². The van der Waals surface area contributed by atoms with Crippen molar-refractivity contribution < 1.29 is 20.4 Å². The molecule has 0 amide bonds. The highest BCUT2D eigenvalue weighted by Crippen LogP contribution is 2.30. The van der Waals surface area contributed by atoms with Crippen LogP contribution in [0.3, 0.4) is 0 Å². The van der Waals surface area contributed by atoms with Crippen molar-refractivity contribution in [1.29, 1.82) is 0 Å². The molecule has 0 unspecified atom stereocenters. The van der Waals surface area contributed by atoms with Crippen molar-refractivity contribution >= 4 is 0 Å². The molecule has 0 atom stereocenters. The molecule has 0 bridgehead atoms. The van der Waals surface area contributed by atoms with Crippen molar-refractivity contribution in [2.75, 3.05) is 28.4 Å². The van der Waals surface area contributed by atoms with Gasteiger partial charge in [0.2, 0.25) is 0 Å². The second-order valence-electron chi connectivity index (χ2n) is 4.36. The molecule has 29 heavy (non-hydrogen) atoms. The Morgan fingerprint density at radius 3 is 0.759 bits per heavy atom. The normalized spacial score (nSPS) is 7.31. The van der Waals surface area contributed by atoms with Crippen molar-refractivity contribution in [3.05, 3.63) is 71.8 Å². The fourth-order valence-corrected chi connectivity index (χ4v) is 1.88. The molecule has 2 aromatic rings. The second-order valence-corrected chi connectivity index (χ2v) is 4.36. The minimum atomic E-state index is 0.0858. The summed E-state index contributed by atoms with van der Waals surface area (Å²) in [5, 5.41) is 28.0. The van der Waals surface area contributed by atoms with E-state index in [9.17, 15) is 0 Å². The van der Waals surface area contributed by atoms with Gasteiger partial charge >= 0.3 is 0 Å². The third-order valence-electron chi connectivity index (χ3n) is 2.99. The summed E-state index contributed by atoms with van der Waals surface area (Å²) in [5.41, 5.74) is 2.80. The van der Waals surface area contributed by atoms with Crippen LogP contribution < -0.4 is 0 Å². The number of aliphatic hydroxyl groups is 4. The average molecular weight is 415 g/mol. The molecule has 0 aromatic heterocycles. The van der Waals surface area contributed by atoms with Gasteiger partial charge in [-0.2, -0.15) is 0 Å². The number of aliphatic hydroxyl groups excluding tert-OH is 4. The summed E-state index contributed by atoms with van der Waals surface area (Å²) in [4.78, 5) is 0. The first kappa shape index (κ1) is 41.6. The zero-order valence-electron chi connectivity index (χ0n) is 21.1. The minimum absolute atomic E-state index is 0.0858. The van der Waals surface area contributed by atoms with Gasteiger partial charge in [0.15, 0.2) is 0 Å². The highest BCUT2D eigenvalue weighted by atomic mass is 16.2. The fourth-order valence-electron chi connectivity index (χ4n) is 1.88. The summed E-state index contributed by atoms with van der Waals surface area (Å²) in [6.07, 6.45) is 0. The van der Waals surface area contributed by atoms with Gasteiger partial charge in [-0.15, -0.1) is 0 Å². The number of benzene rings is 2. The predicted octanol–water partition coefficient (Wildman–Crippen LogP) is 5.53. The summed E-state index contributed by atoms with van der Waals surface area (Å²) >= 11 is 0. The van der Waals surface area contributed by atoms with Crippen LogP contribution in [0.5, 0.6) is 0 Å². The summed E-state index contributed by atoms with van der Waals surface area (Å²) in [5.74, 6) is 0. The van der Waals surface area contributed by atoms with E-state index < -0.39 is 0 Å². The molecule has 0 radical (unpaired) electrons. The van der Waals surface area contributed by atoms with E-state index in [1.165, 1.54) is 11.1 Å². The summed E-state index contributed by atoms with van der Waals surface area (Å²) in [6.45, 7) is 16.5. The van der Waals surface area contributed by atoms with Gasteiger partial charge in [0.25, 0.3) is 0 Å². The van der Waals surface area contributed by atoms with Crippen molar-refractivity contribution in [3.63, 3.8) is 0 Å². The summed E-state index contributed by atoms with van der Waals surface area (Å²) < 4.78 is 0. The summed E-state index contributed by atoms with van der Waals surface area (Å²) in [6, 6.07) is 21.3. The Balaban J connectivity index is -0.0000000806. The second kappa shape index (κ2) is 40.8. The fraction of sp³-hybridized carbons (Fsp3) is 0.520. The topological polar surface area (TPSA) is 80.9 Å². The quantitative estimate of drug-likeness (QED) is 0.521. The molecule has 0 saturated heterocycles. The third-order valence-corrected chi connectivity index (χ3v) is 2.99. The van der Waals surface area contributed by atoms with Gasteiger partial charge in [0.1, 0.15) is 0 Å². The summed E-state index contributed by atoms with van der Waals surface area (Å²) in [7, 11) is 4.00. The molecule has 0 saturated carbocycles. The zero-order valence-corrected chi connectivity index (χ0v) is 21.1. The van der Waals surface area contributed by atoms with Gasteiger partial charge in [0.05, 0.1) is 0 Å². The number of rotatable bonds is 2. The van der Waals surface area contributed by atoms with Gasteiger partial charge in [-0.1, -0.05) is 116 Å². The molecule has 0 aliphatic rings. The monoisotopic (exact) mass is 414 g/mol. The Morgan fingerprint density at radius 1 is 0.414 bits per heavy atom. The lowest BCUT2D eigenvalue weighted by atomic mass is 9.78. The van der Waals surface area contributed by atoms with E-state index in [1.807, 2.05) is 41.5 Å². The molecule has 0 aliphatic carbocycles. The molecule has 0 aliphatic heterocycles. The first-order valence-corrected chi connectivity index (χ1v) is 10.1. The van der Waals surface area contributed by atoms with Crippen LogP contribution in [0, 0.1) is 0 Å². The maximum Gasteiger partial charge on any atom is 0.0319 e. The smallest absolute Gasteiger partial charge is 0.0319 e. The van der Waals surface area contributed by atoms with Crippen LogP contribution in [0.2, 0.25) is 0 Å². The molecule has 2 aromatic carbocycles. The van der Waals surface area contributed by atoms with Crippen LogP contribution in [-0.4, -0.2) is 48.9 Å². The van der Waals surface area contributed by atoms with Gasteiger partial charge in [-0.05, 0) is 11.1 Å². The first-order chi connectivity index (χ1) is 14.2. The lowest BCUT2D eigenvalue weighted by Gasteiger charge is -2.25. The molecule has 174 valence electrons. The van der Waals surface area contributed by atoms with Crippen LogP contribution in [0.4, 0.5) is 0 Å². The van der Waals surface area contributed by atoms with Crippen molar-refractivity contribution in [3.8, 4) is 0 Å². The Hall–Kier alpha value is -1.72. The van der Waals surface area contributed by atoms with E-state index in [-0.39, 0.29) is 5.41 Å². The van der Waals surface area contributed by atoms with Crippen LogP contribution in [0.15, 0.2) is 60.7 Å². The number of hydrogen-bond donors (Lipinski definition) is 4. The van der Waals surface area contributed by atoms with E-state index >= 15 is 0 Å². The third kappa shape index (κ3) is 22.4. The SMILES string of the molecule is CC.CC.CC.CC(C)(c1ccccc1)c1ccccc1.CO.CO.CO.CO. The highest BCUT2D eigenvalue weighted by Gasteiger charge is 2.21. The largest absolute Gasteiger partial charge is 0.400 e. The van der Waals surface area contributed by atoms with Crippen LogP contribution in [0.25, 0.3) is 0 Å². The Kier molecular flexibility index (Phi) is 58.6. The van der Waals surface area contributed by atoms with Crippen LogP contribution in [-0.2, 0) is 5.41 Å². The van der Waals surface area contributed by atoms with Gasteiger partial charge < -0.3 is 20.4 Å². The molecular formula is C25H50O4. The molecule has 2 rings (SSSR count). The molecule has 0 spiro atoms. The van der Waals surface area contributed by atoms with Crippen molar-refractivity contribution in [1.82, 2.24) is 0 Å². The van der Waals surface area contributed by atoms with Crippen molar-refractivity contribution in [2.45, 2.75) is 60.8 Å². The average Bonchev–Trinajstić information content (AvgIpc) is 2.89. The van der Waals surface area contributed by atoms with Gasteiger partial charge in [-0.25, -0.2) is 0 Å². The Morgan fingerprint density at radius 2 is 0.586 bits per heavy atom. The van der Waals surface area contributed by atoms with Crippen LogP contribution >= 0.6 is 0 Å². The lowest BCUT2D eigenvalue weighted by molar-refractivity contribution is 0.399. The highest BCUT2D eigenvalue weighted by molar-refractivity contribution is 5.36. The molecule has 4 nitrogen and oxygen atoms in total. The molecule has 0 heterocycles. The van der Waals surface area contributed by atoms with E-state index in [2.05, 4.69) is 74.5 Å².